The Hall–Kier alpha value is -2.65. The van der Waals surface area contributed by atoms with Gasteiger partial charge in [-0.15, -0.1) is 11.8 Å². The molecule has 0 aliphatic carbocycles. The first-order valence-corrected chi connectivity index (χ1v) is 23.6. The third-order valence-electron chi connectivity index (χ3n) is 11.2. The molecule has 1 atom stereocenters. The Labute approximate surface area is 369 Å². The molecule has 0 fully saturated rings. The van der Waals surface area contributed by atoms with Gasteiger partial charge >= 0.3 is 41.8 Å². The lowest BCUT2D eigenvalue weighted by Crippen LogP contribution is -2.70. The molecule has 0 heterocycles. The lowest BCUT2D eigenvalue weighted by molar-refractivity contribution is -0.439. The number of alkyl halides is 13. The number of esters is 1. The van der Waals surface area contributed by atoms with Crippen molar-refractivity contribution in [3.05, 3.63) is 64.7 Å². The van der Waals surface area contributed by atoms with E-state index in [1.807, 2.05) is 19.9 Å². The molecule has 0 amide bonds. The number of carbonyl (C=O) groups excluding carboxylic acids is 1. The Kier molecular flexibility index (Phi) is 23.7. The van der Waals surface area contributed by atoms with Gasteiger partial charge in [-0.1, -0.05) is 166 Å². The van der Waals surface area contributed by atoms with E-state index in [1.54, 1.807) is 36.4 Å². The molecule has 0 aliphatic heterocycles. The number of ether oxygens (including phenoxy) is 1. The minimum atomic E-state index is -7.95. The molecule has 2 aromatic rings. The van der Waals surface area contributed by atoms with E-state index in [-0.39, 0.29) is 17.7 Å². The molecule has 0 N–H and O–H groups in total. The molecule has 362 valence electrons. The van der Waals surface area contributed by atoms with Gasteiger partial charge in [0.1, 0.15) is 5.75 Å². The van der Waals surface area contributed by atoms with Crippen LogP contribution in [0.1, 0.15) is 183 Å². The van der Waals surface area contributed by atoms with Crippen molar-refractivity contribution < 1.29 is 66.6 Å². The summed E-state index contributed by atoms with van der Waals surface area (Å²) in [4.78, 5) is 13.4. The Bertz CT molecular complexity index is 1600. The molecule has 0 saturated carbocycles. The molecule has 2 aromatic carbocycles. The van der Waals surface area contributed by atoms with Crippen LogP contribution in [0.25, 0.3) is 0 Å². The van der Waals surface area contributed by atoms with E-state index in [9.17, 15) is 61.9 Å². The van der Waals surface area contributed by atoms with Gasteiger partial charge in [0.15, 0.2) is 0 Å². The zero-order chi connectivity index (χ0) is 47.4. The molecule has 2 rings (SSSR count). The second-order valence-corrected chi connectivity index (χ2v) is 17.7. The van der Waals surface area contributed by atoms with Gasteiger partial charge in [0.25, 0.3) is 0 Å². The van der Waals surface area contributed by atoms with Gasteiger partial charge in [0.05, 0.1) is 5.25 Å². The van der Waals surface area contributed by atoms with Gasteiger partial charge in [-0.25, -0.2) is 0 Å². The molecule has 16 heteroatoms. The SMILES string of the molecule is CCCCCCCCCCCCCCCCCC(=O)Oc1c(CCCC)cc(CCCC)cc1C(SCCC(F)(F)C(F)(F)C(F)(F)C(F)(F)C(F)(F)C(F)(F)F)c1ccccc1. The molecular weight excluding hydrogens is 876 g/mol. The van der Waals surface area contributed by atoms with E-state index in [2.05, 4.69) is 6.92 Å². The van der Waals surface area contributed by atoms with Crippen LogP contribution in [0, 0.1) is 0 Å². The quantitative estimate of drug-likeness (QED) is 0.0309. The predicted molar refractivity (Wildman–Crippen MR) is 225 cm³/mol. The molecule has 2 nitrogen and oxygen atoms in total. The minimum absolute atomic E-state index is 0.0547. The number of hydrogen-bond donors (Lipinski definition) is 0. The highest BCUT2D eigenvalue weighted by Gasteiger charge is 2.90. The fraction of sp³-hybridized carbons (Fsp3) is 0.723. The van der Waals surface area contributed by atoms with Crippen LogP contribution in [-0.2, 0) is 17.6 Å². The van der Waals surface area contributed by atoms with Gasteiger partial charge in [-0.05, 0) is 48.8 Å². The number of unbranched alkanes of at least 4 members (excludes halogenated alkanes) is 16. The number of halogens is 13. The lowest BCUT2D eigenvalue weighted by Gasteiger charge is -2.39. The Morgan fingerprint density at radius 2 is 1.02 bits per heavy atom. The first kappa shape index (κ1) is 56.5. The van der Waals surface area contributed by atoms with Crippen molar-refractivity contribution in [1.29, 1.82) is 0 Å². The monoisotopic (exact) mass is 940 g/mol. The maximum Gasteiger partial charge on any atom is 0.460 e. The second-order valence-electron chi connectivity index (χ2n) is 16.5. The summed E-state index contributed by atoms with van der Waals surface area (Å²) >= 11 is 0.479. The van der Waals surface area contributed by atoms with E-state index in [4.69, 9.17) is 4.74 Å². The number of rotatable bonds is 33. The van der Waals surface area contributed by atoms with Crippen LogP contribution in [0.4, 0.5) is 57.1 Å². The van der Waals surface area contributed by atoms with Crippen LogP contribution in [0.5, 0.6) is 5.75 Å². The van der Waals surface area contributed by atoms with E-state index in [0.29, 0.717) is 48.6 Å². The lowest BCUT2D eigenvalue weighted by atomic mass is 9.93. The van der Waals surface area contributed by atoms with Crippen LogP contribution in [0.15, 0.2) is 42.5 Å². The molecule has 63 heavy (non-hydrogen) atoms. The highest BCUT2D eigenvalue weighted by atomic mass is 32.2. The van der Waals surface area contributed by atoms with Crippen LogP contribution >= 0.6 is 11.8 Å². The zero-order valence-electron chi connectivity index (χ0n) is 36.7. The van der Waals surface area contributed by atoms with Crippen LogP contribution in [0.2, 0.25) is 0 Å². The fourth-order valence-corrected chi connectivity index (χ4v) is 8.56. The normalized spacial score (nSPS) is 13.7. The van der Waals surface area contributed by atoms with E-state index >= 15 is 0 Å². The Morgan fingerprint density at radius 3 is 1.51 bits per heavy atom. The molecule has 0 bridgehead atoms. The van der Waals surface area contributed by atoms with Crippen molar-refractivity contribution in [1.82, 2.24) is 0 Å². The zero-order valence-corrected chi connectivity index (χ0v) is 37.5. The topological polar surface area (TPSA) is 26.3 Å². The van der Waals surface area contributed by atoms with Crippen molar-refractivity contribution in [2.75, 3.05) is 5.75 Å². The summed E-state index contributed by atoms with van der Waals surface area (Å²) < 4.78 is 187. The van der Waals surface area contributed by atoms with Crippen molar-refractivity contribution in [2.24, 2.45) is 0 Å². The summed E-state index contributed by atoms with van der Waals surface area (Å²) in [6.45, 7) is 6.10. The smallest absolute Gasteiger partial charge is 0.426 e. The fourth-order valence-electron chi connectivity index (χ4n) is 7.24. The minimum Gasteiger partial charge on any atom is -0.426 e. The molecule has 0 aromatic heterocycles. The summed E-state index contributed by atoms with van der Waals surface area (Å²) in [6, 6.07) is 11.4. The summed E-state index contributed by atoms with van der Waals surface area (Å²) in [5, 5.41) is -1.11. The summed E-state index contributed by atoms with van der Waals surface area (Å²) in [6.07, 6.45) is 11.0. The Morgan fingerprint density at radius 1 is 0.556 bits per heavy atom. The van der Waals surface area contributed by atoms with Crippen molar-refractivity contribution >= 4 is 17.7 Å². The third kappa shape index (κ3) is 16.0. The highest BCUT2D eigenvalue weighted by molar-refractivity contribution is 7.99. The molecule has 0 saturated heterocycles. The first-order valence-electron chi connectivity index (χ1n) is 22.5. The van der Waals surface area contributed by atoms with Gasteiger partial charge in [-0.2, -0.15) is 57.1 Å². The van der Waals surface area contributed by atoms with Gasteiger partial charge in [0.2, 0.25) is 0 Å². The first-order chi connectivity index (χ1) is 29.5. The summed E-state index contributed by atoms with van der Waals surface area (Å²) in [5.74, 6) is -38.8. The molecule has 0 spiro atoms. The molecule has 0 radical (unpaired) electrons. The second kappa shape index (κ2) is 26.5. The Balaban J connectivity index is 2.30. The van der Waals surface area contributed by atoms with E-state index < -0.39 is 59.2 Å². The van der Waals surface area contributed by atoms with E-state index in [0.717, 1.165) is 56.9 Å². The average molecular weight is 941 g/mol. The van der Waals surface area contributed by atoms with Crippen LogP contribution in [-0.4, -0.2) is 47.5 Å². The number of aryl methyl sites for hydroxylation is 2. The summed E-state index contributed by atoms with van der Waals surface area (Å²) in [7, 11) is 0. The van der Waals surface area contributed by atoms with E-state index in [1.165, 1.54) is 57.8 Å². The molecule has 0 aliphatic rings. The van der Waals surface area contributed by atoms with Gasteiger partial charge in [-0.3, -0.25) is 4.79 Å². The van der Waals surface area contributed by atoms with Gasteiger partial charge < -0.3 is 4.74 Å². The number of benzene rings is 2. The largest absolute Gasteiger partial charge is 0.460 e. The van der Waals surface area contributed by atoms with Crippen molar-refractivity contribution in [2.45, 2.75) is 209 Å². The van der Waals surface area contributed by atoms with Crippen LogP contribution < -0.4 is 4.74 Å². The summed E-state index contributed by atoms with van der Waals surface area (Å²) in [5.41, 5.74) is 2.02. The molecule has 1 unspecified atom stereocenters. The third-order valence-corrected chi connectivity index (χ3v) is 12.5. The van der Waals surface area contributed by atoms with Gasteiger partial charge in [0, 0.05) is 24.2 Å². The average Bonchev–Trinajstić information content (AvgIpc) is 3.22. The number of hydrogen-bond acceptors (Lipinski definition) is 3. The molecular formula is C47H65F13O2S. The standard InChI is InChI=1S/C47H65F13O2S/c1-4-7-10-11-12-13-14-15-16-17-18-19-20-21-25-30-39(61)62-40-37(27-9-6-3)33-35(26-8-5-2)34-38(40)41(36-28-23-22-24-29-36)63-32-31-42(48,49)43(50,51)44(52,53)45(54,55)46(56,57)47(58,59)60/h22-24,28-29,33-34,41H,4-21,25-27,30-32H2,1-3H3. The number of thioether (sulfide) groups is 1. The highest BCUT2D eigenvalue weighted by Crippen LogP contribution is 2.61. The maximum absolute atomic E-state index is 15.0. The number of carbonyl (C=O) groups is 1. The maximum atomic E-state index is 15.0. The van der Waals surface area contributed by atoms with Crippen molar-refractivity contribution in [3.8, 4) is 5.75 Å². The van der Waals surface area contributed by atoms with Crippen molar-refractivity contribution in [3.63, 3.8) is 0 Å². The predicted octanol–water partition coefficient (Wildman–Crippen LogP) is 17.5. The van der Waals surface area contributed by atoms with Crippen LogP contribution in [0.3, 0.4) is 0 Å².